The number of carbonyl (C=O) groups is 1. The highest BCUT2D eigenvalue weighted by Crippen LogP contribution is 2.30. The second kappa shape index (κ2) is 7.49. The van der Waals surface area contributed by atoms with E-state index in [0.29, 0.717) is 31.9 Å². The standard InChI is InChI=1S/C15H16F6N2O2/c16-14(17,18)7-12(24)23-10-2-4-11(5-3-10)25-13-6-1-9(8-22-13)15(19,20)21/h1,6,8,10-11H,2-5,7H2,(H,23,24). The van der Waals surface area contributed by atoms with Crippen LogP contribution in [0.5, 0.6) is 5.88 Å². The van der Waals surface area contributed by atoms with Gasteiger partial charge in [-0.1, -0.05) is 0 Å². The van der Waals surface area contributed by atoms with Crippen LogP contribution in [0.3, 0.4) is 0 Å². The highest BCUT2D eigenvalue weighted by atomic mass is 19.4. The lowest BCUT2D eigenvalue weighted by Crippen LogP contribution is -2.41. The molecule has 1 saturated carbocycles. The van der Waals surface area contributed by atoms with E-state index in [9.17, 15) is 31.1 Å². The zero-order chi connectivity index (χ0) is 18.7. The lowest BCUT2D eigenvalue weighted by molar-refractivity contribution is -0.154. The third-order valence-electron chi connectivity index (χ3n) is 3.75. The molecule has 140 valence electrons. The van der Waals surface area contributed by atoms with Gasteiger partial charge in [0.2, 0.25) is 11.8 Å². The van der Waals surface area contributed by atoms with Crippen LogP contribution in [0, 0.1) is 0 Å². The maximum Gasteiger partial charge on any atom is 0.417 e. The van der Waals surface area contributed by atoms with E-state index in [1.807, 2.05) is 0 Å². The van der Waals surface area contributed by atoms with Gasteiger partial charge in [0.05, 0.1) is 5.56 Å². The van der Waals surface area contributed by atoms with Gasteiger partial charge in [-0.25, -0.2) is 4.98 Å². The van der Waals surface area contributed by atoms with E-state index in [1.54, 1.807) is 0 Å². The number of ether oxygens (including phenoxy) is 1. The fraction of sp³-hybridized carbons (Fsp3) is 0.600. The van der Waals surface area contributed by atoms with Gasteiger partial charge in [0.25, 0.3) is 0 Å². The summed E-state index contributed by atoms with van der Waals surface area (Å²) in [6.45, 7) is 0. The molecule has 0 aromatic carbocycles. The Morgan fingerprint density at radius 3 is 2.24 bits per heavy atom. The number of halogens is 6. The number of nitrogens with one attached hydrogen (secondary N) is 1. The van der Waals surface area contributed by atoms with E-state index < -0.39 is 30.2 Å². The summed E-state index contributed by atoms with van der Waals surface area (Å²) in [4.78, 5) is 14.9. The topological polar surface area (TPSA) is 51.2 Å². The smallest absolute Gasteiger partial charge is 0.417 e. The van der Waals surface area contributed by atoms with Crippen molar-refractivity contribution in [2.45, 2.75) is 56.6 Å². The third-order valence-corrected chi connectivity index (χ3v) is 3.75. The first-order chi connectivity index (χ1) is 11.5. The van der Waals surface area contributed by atoms with Gasteiger partial charge < -0.3 is 10.1 Å². The largest absolute Gasteiger partial charge is 0.474 e. The highest BCUT2D eigenvalue weighted by molar-refractivity contribution is 5.76. The summed E-state index contributed by atoms with van der Waals surface area (Å²) >= 11 is 0. The highest BCUT2D eigenvalue weighted by Gasteiger charge is 2.33. The van der Waals surface area contributed by atoms with Crippen molar-refractivity contribution >= 4 is 5.91 Å². The number of pyridine rings is 1. The molecule has 0 bridgehead atoms. The monoisotopic (exact) mass is 370 g/mol. The van der Waals surface area contributed by atoms with Crippen LogP contribution in [0.2, 0.25) is 0 Å². The van der Waals surface area contributed by atoms with Crippen LogP contribution in [0.15, 0.2) is 18.3 Å². The molecule has 1 aromatic heterocycles. The molecule has 4 nitrogen and oxygen atoms in total. The van der Waals surface area contributed by atoms with Crippen LogP contribution in [-0.4, -0.2) is 29.2 Å². The molecule has 10 heteroatoms. The van der Waals surface area contributed by atoms with Crippen molar-refractivity contribution in [1.29, 1.82) is 0 Å². The Labute approximate surface area is 139 Å². The number of nitrogens with zero attached hydrogens (tertiary/aromatic N) is 1. The molecule has 0 saturated heterocycles. The number of aromatic nitrogens is 1. The average Bonchev–Trinajstić information content (AvgIpc) is 2.47. The Bertz CT molecular complexity index is 577. The number of carbonyl (C=O) groups excluding carboxylic acids is 1. The maximum atomic E-state index is 12.4. The van der Waals surface area contributed by atoms with Crippen molar-refractivity contribution < 1.29 is 35.9 Å². The Kier molecular flexibility index (Phi) is 5.79. The predicted molar refractivity (Wildman–Crippen MR) is 74.7 cm³/mol. The quantitative estimate of drug-likeness (QED) is 0.819. The molecule has 0 radical (unpaired) electrons. The van der Waals surface area contributed by atoms with Crippen molar-refractivity contribution in [3.05, 3.63) is 23.9 Å². The fourth-order valence-corrected chi connectivity index (χ4v) is 2.57. The predicted octanol–water partition coefficient (Wildman–Crippen LogP) is 3.86. The molecular weight excluding hydrogens is 354 g/mol. The summed E-state index contributed by atoms with van der Waals surface area (Å²) in [5.41, 5.74) is -0.879. The molecule has 1 N–H and O–H groups in total. The molecule has 1 heterocycles. The van der Waals surface area contributed by atoms with E-state index in [2.05, 4.69) is 10.3 Å². The van der Waals surface area contributed by atoms with E-state index >= 15 is 0 Å². The van der Waals surface area contributed by atoms with Crippen molar-refractivity contribution in [2.75, 3.05) is 0 Å². The van der Waals surface area contributed by atoms with Gasteiger partial charge in [-0.05, 0) is 31.7 Å². The molecule has 2 rings (SSSR count). The van der Waals surface area contributed by atoms with Crippen LogP contribution in [0.25, 0.3) is 0 Å². The van der Waals surface area contributed by atoms with E-state index in [1.165, 1.54) is 0 Å². The first-order valence-electron chi connectivity index (χ1n) is 7.59. The van der Waals surface area contributed by atoms with Gasteiger partial charge >= 0.3 is 12.4 Å². The molecular formula is C15H16F6N2O2. The number of amides is 1. The summed E-state index contributed by atoms with van der Waals surface area (Å²) in [5.74, 6) is -1.01. The lowest BCUT2D eigenvalue weighted by Gasteiger charge is -2.29. The van der Waals surface area contributed by atoms with Crippen LogP contribution >= 0.6 is 0 Å². The maximum absolute atomic E-state index is 12.4. The van der Waals surface area contributed by atoms with Crippen molar-refractivity contribution in [3.63, 3.8) is 0 Å². The average molecular weight is 370 g/mol. The summed E-state index contributed by atoms with van der Waals surface area (Å²) < 4.78 is 79.1. The Morgan fingerprint density at radius 1 is 1.12 bits per heavy atom. The fourth-order valence-electron chi connectivity index (χ4n) is 2.57. The minimum atomic E-state index is -4.54. The van der Waals surface area contributed by atoms with Gasteiger partial charge in [-0.2, -0.15) is 26.3 Å². The van der Waals surface area contributed by atoms with Gasteiger partial charge in [0.15, 0.2) is 0 Å². The van der Waals surface area contributed by atoms with Gasteiger partial charge in [-0.3, -0.25) is 4.79 Å². The van der Waals surface area contributed by atoms with E-state index in [0.717, 1.165) is 12.1 Å². The summed E-state index contributed by atoms with van der Waals surface area (Å²) in [7, 11) is 0. The normalized spacial score (nSPS) is 21.7. The minimum Gasteiger partial charge on any atom is -0.474 e. The number of hydrogen-bond donors (Lipinski definition) is 1. The molecule has 0 aliphatic heterocycles. The SMILES string of the molecule is O=C(CC(F)(F)F)NC1CCC(Oc2ccc(C(F)(F)F)cn2)CC1. The van der Waals surface area contributed by atoms with Crippen LogP contribution < -0.4 is 10.1 Å². The first kappa shape index (κ1) is 19.3. The molecule has 1 aliphatic carbocycles. The lowest BCUT2D eigenvalue weighted by atomic mass is 9.93. The first-order valence-corrected chi connectivity index (χ1v) is 7.59. The number of hydrogen-bond acceptors (Lipinski definition) is 3. The molecule has 25 heavy (non-hydrogen) atoms. The van der Waals surface area contributed by atoms with Gasteiger partial charge in [-0.15, -0.1) is 0 Å². The second-order valence-electron chi connectivity index (χ2n) is 5.83. The Morgan fingerprint density at radius 2 is 1.76 bits per heavy atom. The zero-order valence-corrected chi connectivity index (χ0v) is 13.0. The summed E-state index contributed by atoms with van der Waals surface area (Å²) in [6.07, 6.45) is -8.39. The molecule has 1 fully saturated rings. The van der Waals surface area contributed by atoms with E-state index in [4.69, 9.17) is 4.74 Å². The number of alkyl halides is 6. The molecule has 0 atom stereocenters. The van der Waals surface area contributed by atoms with Crippen molar-refractivity contribution in [3.8, 4) is 5.88 Å². The number of rotatable bonds is 4. The zero-order valence-electron chi connectivity index (χ0n) is 13.0. The van der Waals surface area contributed by atoms with Crippen LogP contribution in [0.4, 0.5) is 26.3 Å². The summed E-state index contributed by atoms with van der Waals surface area (Å²) in [5, 5.41) is 2.33. The van der Waals surface area contributed by atoms with Crippen LogP contribution in [-0.2, 0) is 11.0 Å². The van der Waals surface area contributed by atoms with Crippen LogP contribution in [0.1, 0.15) is 37.7 Å². The van der Waals surface area contributed by atoms with Gasteiger partial charge in [0.1, 0.15) is 12.5 Å². The molecule has 1 aliphatic rings. The molecule has 1 aromatic rings. The molecule has 0 spiro atoms. The third kappa shape index (κ3) is 6.43. The summed E-state index contributed by atoms with van der Waals surface area (Å²) in [6, 6.07) is 1.63. The Balaban J connectivity index is 1.78. The van der Waals surface area contributed by atoms with Gasteiger partial charge in [0, 0.05) is 18.3 Å². The molecule has 0 unspecified atom stereocenters. The van der Waals surface area contributed by atoms with Crippen molar-refractivity contribution in [1.82, 2.24) is 10.3 Å². The molecule has 1 amide bonds. The minimum absolute atomic E-state index is 0.0533. The van der Waals surface area contributed by atoms with E-state index in [-0.39, 0.29) is 18.0 Å². The van der Waals surface area contributed by atoms with Crippen molar-refractivity contribution in [2.24, 2.45) is 0 Å². The Hall–Kier alpha value is -2.00. The second-order valence-corrected chi connectivity index (χ2v) is 5.83.